The summed E-state index contributed by atoms with van der Waals surface area (Å²) in [7, 11) is 0. The number of hydrogen-bond donors (Lipinski definition) is 3. The van der Waals surface area contributed by atoms with Gasteiger partial charge in [0, 0.05) is 18.3 Å². The molecule has 1 aromatic heterocycles. The van der Waals surface area contributed by atoms with Crippen LogP contribution in [-0.2, 0) is 0 Å². The number of hydrogen-bond acceptors (Lipinski definition) is 4. The monoisotopic (exact) mass is 217 g/mol. The summed E-state index contributed by atoms with van der Waals surface area (Å²) < 4.78 is 25.3. The van der Waals surface area contributed by atoms with Crippen molar-refractivity contribution >= 4 is 5.82 Å². The maximum atomic E-state index is 12.7. The Labute approximate surface area is 86.1 Å². The molecule has 0 unspecified atom stereocenters. The molecule has 0 aliphatic rings. The number of pyridine rings is 1. The highest BCUT2D eigenvalue weighted by Crippen LogP contribution is 2.23. The fourth-order valence-corrected chi connectivity index (χ4v) is 1.25. The zero-order valence-corrected chi connectivity index (χ0v) is 8.03. The van der Waals surface area contributed by atoms with E-state index in [9.17, 15) is 8.78 Å². The van der Waals surface area contributed by atoms with Crippen LogP contribution in [0.1, 0.15) is 11.6 Å². The average Bonchev–Trinajstić information content (AvgIpc) is 2.20. The molecule has 0 aromatic carbocycles. The van der Waals surface area contributed by atoms with Crippen LogP contribution in [0.15, 0.2) is 18.3 Å². The van der Waals surface area contributed by atoms with Gasteiger partial charge in [-0.1, -0.05) is 6.07 Å². The molecule has 0 saturated carbocycles. The molecule has 1 heterocycles. The van der Waals surface area contributed by atoms with Crippen molar-refractivity contribution in [2.75, 3.05) is 18.9 Å². The average molecular weight is 217 g/mol. The summed E-state index contributed by atoms with van der Waals surface area (Å²) in [5.74, 6) is 0.0771. The Hall–Kier alpha value is -1.27. The van der Waals surface area contributed by atoms with Gasteiger partial charge in [0.25, 0.3) is 6.43 Å². The molecule has 0 fully saturated rings. The van der Waals surface area contributed by atoms with E-state index in [1.807, 2.05) is 0 Å². The molecule has 0 radical (unpaired) electrons. The summed E-state index contributed by atoms with van der Waals surface area (Å²) in [6.07, 6.45) is -1.16. The van der Waals surface area contributed by atoms with Crippen molar-refractivity contribution in [3.63, 3.8) is 0 Å². The molecule has 84 valence electrons. The van der Waals surface area contributed by atoms with Gasteiger partial charge >= 0.3 is 0 Å². The lowest BCUT2D eigenvalue weighted by atomic mass is 10.1. The van der Waals surface area contributed by atoms with E-state index in [4.69, 9.17) is 10.8 Å². The summed E-state index contributed by atoms with van der Waals surface area (Å²) >= 11 is 0. The number of halogens is 2. The highest BCUT2D eigenvalue weighted by atomic mass is 19.3. The zero-order chi connectivity index (χ0) is 11.3. The van der Waals surface area contributed by atoms with Crippen LogP contribution in [0, 0.1) is 0 Å². The van der Waals surface area contributed by atoms with Crippen molar-refractivity contribution in [3.8, 4) is 0 Å². The molecule has 0 aliphatic carbocycles. The third-order valence-electron chi connectivity index (χ3n) is 1.93. The zero-order valence-electron chi connectivity index (χ0n) is 8.03. The Morgan fingerprint density at radius 3 is 2.80 bits per heavy atom. The molecule has 0 amide bonds. The Morgan fingerprint density at radius 1 is 1.53 bits per heavy atom. The van der Waals surface area contributed by atoms with Crippen molar-refractivity contribution in [1.82, 2.24) is 10.3 Å². The van der Waals surface area contributed by atoms with Gasteiger partial charge in [-0.05, 0) is 6.07 Å². The van der Waals surface area contributed by atoms with Gasteiger partial charge < -0.3 is 16.2 Å². The third kappa shape index (κ3) is 3.10. The number of aliphatic hydroxyl groups is 1. The molecular formula is C9H13F2N3O. The molecule has 1 rings (SSSR count). The summed E-state index contributed by atoms with van der Waals surface area (Å²) in [5, 5.41) is 11.1. The Morgan fingerprint density at radius 2 is 2.27 bits per heavy atom. The molecule has 0 bridgehead atoms. The lowest BCUT2D eigenvalue weighted by molar-refractivity contribution is 0.0955. The topological polar surface area (TPSA) is 71.2 Å². The van der Waals surface area contributed by atoms with E-state index in [0.29, 0.717) is 0 Å². The van der Waals surface area contributed by atoms with Crippen molar-refractivity contribution in [2.45, 2.75) is 12.5 Å². The molecule has 0 saturated heterocycles. The SMILES string of the molecule is Nc1ncccc1[C@H](NCCO)C(F)F. The second kappa shape index (κ2) is 5.57. The van der Waals surface area contributed by atoms with Crippen molar-refractivity contribution in [2.24, 2.45) is 0 Å². The Kier molecular flexibility index (Phi) is 4.38. The Bertz CT molecular complexity index is 309. The third-order valence-corrected chi connectivity index (χ3v) is 1.93. The fraction of sp³-hybridized carbons (Fsp3) is 0.444. The number of aliphatic hydroxyl groups excluding tert-OH is 1. The lowest BCUT2D eigenvalue weighted by Crippen LogP contribution is -2.30. The second-order valence-corrected chi connectivity index (χ2v) is 2.97. The first-order valence-corrected chi connectivity index (χ1v) is 4.49. The van der Waals surface area contributed by atoms with E-state index in [0.717, 1.165) is 0 Å². The number of nitrogens with two attached hydrogens (primary N) is 1. The molecule has 6 heteroatoms. The second-order valence-electron chi connectivity index (χ2n) is 2.97. The number of alkyl halides is 2. The van der Waals surface area contributed by atoms with Crippen LogP contribution < -0.4 is 11.1 Å². The first-order valence-electron chi connectivity index (χ1n) is 4.49. The number of nitrogens with one attached hydrogen (secondary N) is 1. The van der Waals surface area contributed by atoms with Gasteiger partial charge in [0.1, 0.15) is 5.82 Å². The number of aromatic nitrogens is 1. The van der Waals surface area contributed by atoms with Crippen molar-refractivity contribution < 1.29 is 13.9 Å². The molecule has 0 aliphatic heterocycles. The first kappa shape index (κ1) is 11.8. The van der Waals surface area contributed by atoms with E-state index < -0.39 is 12.5 Å². The molecule has 1 atom stereocenters. The minimum absolute atomic E-state index is 0.0771. The lowest BCUT2D eigenvalue weighted by Gasteiger charge is -2.18. The largest absolute Gasteiger partial charge is 0.395 e. The van der Waals surface area contributed by atoms with E-state index in [2.05, 4.69) is 10.3 Å². The minimum atomic E-state index is -2.59. The van der Waals surface area contributed by atoms with Crippen LogP contribution in [-0.4, -0.2) is 29.7 Å². The van der Waals surface area contributed by atoms with Gasteiger partial charge in [-0.15, -0.1) is 0 Å². The predicted molar refractivity (Wildman–Crippen MR) is 52.5 cm³/mol. The molecule has 4 N–H and O–H groups in total. The van der Waals surface area contributed by atoms with Crippen LogP contribution in [0.2, 0.25) is 0 Å². The van der Waals surface area contributed by atoms with Crippen molar-refractivity contribution in [1.29, 1.82) is 0 Å². The van der Waals surface area contributed by atoms with Gasteiger partial charge in [0.05, 0.1) is 12.6 Å². The summed E-state index contributed by atoms with van der Waals surface area (Å²) in [6, 6.07) is 1.84. The summed E-state index contributed by atoms with van der Waals surface area (Å²) in [4.78, 5) is 3.73. The minimum Gasteiger partial charge on any atom is -0.395 e. The molecule has 1 aromatic rings. The number of rotatable bonds is 5. The van der Waals surface area contributed by atoms with Crippen LogP contribution in [0.3, 0.4) is 0 Å². The predicted octanol–water partition coefficient (Wildman–Crippen LogP) is 0.552. The van der Waals surface area contributed by atoms with Gasteiger partial charge in [-0.3, -0.25) is 0 Å². The van der Waals surface area contributed by atoms with Crippen LogP contribution >= 0.6 is 0 Å². The highest BCUT2D eigenvalue weighted by molar-refractivity contribution is 5.41. The first-order chi connectivity index (χ1) is 7.16. The smallest absolute Gasteiger partial charge is 0.257 e. The summed E-state index contributed by atoms with van der Waals surface area (Å²) in [5.41, 5.74) is 5.73. The van der Waals surface area contributed by atoms with Crippen LogP contribution in [0.4, 0.5) is 14.6 Å². The van der Waals surface area contributed by atoms with Crippen molar-refractivity contribution in [3.05, 3.63) is 23.9 Å². The standard InChI is InChI=1S/C9H13F2N3O/c10-8(11)7(13-4-5-15)6-2-1-3-14-9(6)12/h1-3,7-8,13,15H,4-5H2,(H2,12,14)/t7-/m0/s1. The quantitative estimate of drug-likeness (QED) is 0.673. The summed E-state index contributed by atoms with van der Waals surface area (Å²) in [6.45, 7) is -0.118. The van der Waals surface area contributed by atoms with Gasteiger partial charge in [-0.25, -0.2) is 13.8 Å². The normalized spacial score (nSPS) is 13.1. The molecule has 4 nitrogen and oxygen atoms in total. The molecule has 15 heavy (non-hydrogen) atoms. The maximum Gasteiger partial charge on any atom is 0.257 e. The maximum absolute atomic E-state index is 12.7. The molecular weight excluding hydrogens is 204 g/mol. The van der Waals surface area contributed by atoms with E-state index in [1.165, 1.54) is 12.3 Å². The van der Waals surface area contributed by atoms with Crippen LogP contribution in [0.25, 0.3) is 0 Å². The number of anilines is 1. The van der Waals surface area contributed by atoms with E-state index >= 15 is 0 Å². The highest BCUT2D eigenvalue weighted by Gasteiger charge is 2.23. The molecule has 0 spiro atoms. The van der Waals surface area contributed by atoms with E-state index in [-0.39, 0.29) is 24.5 Å². The van der Waals surface area contributed by atoms with Gasteiger partial charge in [0.15, 0.2) is 0 Å². The Balaban J connectivity index is 2.84. The number of nitrogens with zero attached hydrogens (tertiary/aromatic N) is 1. The van der Waals surface area contributed by atoms with Gasteiger partial charge in [0.2, 0.25) is 0 Å². The van der Waals surface area contributed by atoms with Crippen LogP contribution in [0.5, 0.6) is 0 Å². The fourth-order valence-electron chi connectivity index (χ4n) is 1.25. The van der Waals surface area contributed by atoms with E-state index in [1.54, 1.807) is 6.07 Å². The van der Waals surface area contributed by atoms with Gasteiger partial charge in [-0.2, -0.15) is 0 Å². The number of nitrogen functional groups attached to an aromatic ring is 1.